The minimum absolute atomic E-state index is 0.0996. The molecule has 25 heavy (non-hydrogen) atoms. The van der Waals surface area contributed by atoms with Gasteiger partial charge in [0.15, 0.2) is 10.9 Å². The summed E-state index contributed by atoms with van der Waals surface area (Å²) < 4.78 is 11.4. The summed E-state index contributed by atoms with van der Waals surface area (Å²) in [6.45, 7) is 2.64. The number of likely N-dealkylation sites (tertiary alicyclic amines) is 1. The number of ether oxygens (including phenoxy) is 2. The second-order valence-corrected chi connectivity index (χ2v) is 7.01. The lowest BCUT2D eigenvalue weighted by Crippen LogP contribution is -2.47. The second kappa shape index (κ2) is 7.07. The number of aromatic nitrogens is 2. The van der Waals surface area contributed by atoms with E-state index in [2.05, 4.69) is 15.3 Å². The van der Waals surface area contributed by atoms with Crippen molar-refractivity contribution < 1.29 is 14.3 Å². The van der Waals surface area contributed by atoms with Crippen LogP contribution in [-0.4, -0.2) is 52.9 Å². The average Bonchev–Trinajstić information content (AvgIpc) is 3.26. The highest BCUT2D eigenvalue weighted by atomic mass is 32.1. The molecule has 0 atom stereocenters. The topological polar surface area (TPSA) is 76.6 Å². The highest BCUT2D eigenvalue weighted by molar-refractivity contribution is 7.13. The third-order valence-corrected chi connectivity index (χ3v) is 5.28. The quantitative estimate of drug-likeness (QED) is 0.901. The number of amides is 1. The molecule has 0 radical (unpaired) electrons. The van der Waals surface area contributed by atoms with Gasteiger partial charge in [-0.25, -0.2) is 9.97 Å². The summed E-state index contributed by atoms with van der Waals surface area (Å²) >= 11 is 1.48. The van der Waals surface area contributed by atoms with Crippen molar-refractivity contribution in [2.75, 3.05) is 31.6 Å². The highest BCUT2D eigenvalue weighted by Gasteiger charge is 2.40. The van der Waals surface area contributed by atoms with E-state index in [-0.39, 0.29) is 5.91 Å². The van der Waals surface area contributed by atoms with Crippen molar-refractivity contribution in [3.63, 3.8) is 0 Å². The average molecular weight is 360 g/mol. The summed E-state index contributed by atoms with van der Waals surface area (Å²) in [5.74, 6) is 0.395. The first-order valence-electron chi connectivity index (χ1n) is 8.41. The molecule has 4 rings (SSSR count). The van der Waals surface area contributed by atoms with E-state index in [1.165, 1.54) is 11.3 Å². The van der Waals surface area contributed by atoms with Gasteiger partial charge in [0.25, 0.3) is 0 Å². The number of carbonyl (C=O) groups excluding carboxylic acids is 1. The molecule has 1 spiro atoms. The summed E-state index contributed by atoms with van der Waals surface area (Å²) in [6.07, 6.45) is 3.51. The van der Waals surface area contributed by atoms with Gasteiger partial charge in [-0.05, 0) is 12.1 Å². The van der Waals surface area contributed by atoms with Gasteiger partial charge >= 0.3 is 0 Å². The molecule has 2 aliphatic rings. The molecule has 8 heteroatoms. The highest BCUT2D eigenvalue weighted by Crippen LogP contribution is 2.31. The fourth-order valence-electron chi connectivity index (χ4n) is 3.14. The van der Waals surface area contributed by atoms with Crippen LogP contribution in [0.4, 0.5) is 10.9 Å². The van der Waals surface area contributed by atoms with Crippen LogP contribution in [0.15, 0.2) is 29.8 Å². The molecule has 0 saturated carbocycles. The largest absolute Gasteiger partial charge is 0.347 e. The van der Waals surface area contributed by atoms with Crippen LogP contribution >= 0.6 is 11.3 Å². The van der Waals surface area contributed by atoms with E-state index >= 15 is 0 Å². The molecule has 4 heterocycles. The van der Waals surface area contributed by atoms with Crippen molar-refractivity contribution in [2.24, 2.45) is 0 Å². The van der Waals surface area contributed by atoms with E-state index in [4.69, 9.17) is 9.47 Å². The first-order valence-corrected chi connectivity index (χ1v) is 9.29. The van der Waals surface area contributed by atoms with Crippen LogP contribution in [-0.2, 0) is 20.7 Å². The predicted molar refractivity (Wildman–Crippen MR) is 93.8 cm³/mol. The number of anilines is 2. The molecular formula is C17H20N4O3S. The number of nitrogens with one attached hydrogen (secondary N) is 1. The molecule has 7 nitrogen and oxygen atoms in total. The Kier molecular flexibility index (Phi) is 4.65. The Labute approximate surface area is 150 Å². The zero-order valence-electron chi connectivity index (χ0n) is 13.8. The van der Waals surface area contributed by atoms with Crippen molar-refractivity contribution in [3.8, 4) is 0 Å². The van der Waals surface area contributed by atoms with Gasteiger partial charge < -0.3 is 19.7 Å². The van der Waals surface area contributed by atoms with Crippen LogP contribution in [0.3, 0.4) is 0 Å². The number of piperidine rings is 1. The van der Waals surface area contributed by atoms with Gasteiger partial charge in [0.1, 0.15) is 5.82 Å². The molecule has 0 unspecified atom stereocenters. The zero-order valence-corrected chi connectivity index (χ0v) is 14.6. The van der Waals surface area contributed by atoms with Gasteiger partial charge in [-0.1, -0.05) is 6.07 Å². The smallest absolute Gasteiger partial charge is 0.228 e. The summed E-state index contributed by atoms with van der Waals surface area (Å²) in [7, 11) is 0. The fourth-order valence-corrected chi connectivity index (χ4v) is 3.86. The van der Waals surface area contributed by atoms with Crippen molar-refractivity contribution in [3.05, 3.63) is 35.5 Å². The maximum atomic E-state index is 12.5. The molecule has 0 aromatic carbocycles. The monoisotopic (exact) mass is 360 g/mol. The van der Waals surface area contributed by atoms with Crippen LogP contribution in [0.2, 0.25) is 0 Å². The molecule has 0 bridgehead atoms. The van der Waals surface area contributed by atoms with Gasteiger partial charge in [-0.15, -0.1) is 11.3 Å². The Balaban J connectivity index is 1.31. The first kappa shape index (κ1) is 16.4. The third-order valence-electron chi connectivity index (χ3n) is 4.48. The summed E-state index contributed by atoms with van der Waals surface area (Å²) in [4.78, 5) is 23.1. The van der Waals surface area contributed by atoms with Crippen molar-refractivity contribution >= 4 is 28.2 Å². The zero-order chi connectivity index (χ0) is 17.1. The number of nitrogens with zero attached hydrogens (tertiary/aromatic N) is 3. The molecule has 1 N–H and O–H groups in total. The lowest BCUT2D eigenvalue weighted by Gasteiger charge is -2.37. The standard InChI is InChI=1S/C17H20N4O3S/c22-15(21-7-4-17(5-8-21)23-9-10-24-17)11-13-12-25-16(19-13)20-14-3-1-2-6-18-14/h1-3,6,12H,4-5,7-11H2,(H,18,19,20). The van der Waals surface area contributed by atoms with Gasteiger partial charge in [0, 0.05) is 37.5 Å². The summed E-state index contributed by atoms with van der Waals surface area (Å²) in [6, 6.07) is 5.65. The Morgan fingerprint density at radius 1 is 1.28 bits per heavy atom. The Hall–Kier alpha value is -2.03. The van der Waals surface area contributed by atoms with E-state index in [1.54, 1.807) is 6.20 Å². The number of thiazole rings is 1. The van der Waals surface area contributed by atoms with E-state index in [1.807, 2.05) is 28.5 Å². The number of hydrogen-bond acceptors (Lipinski definition) is 7. The minimum Gasteiger partial charge on any atom is -0.347 e. The van der Waals surface area contributed by atoms with Gasteiger partial charge in [-0.2, -0.15) is 0 Å². The second-order valence-electron chi connectivity index (χ2n) is 6.15. The van der Waals surface area contributed by atoms with Crippen LogP contribution in [0.5, 0.6) is 0 Å². The summed E-state index contributed by atoms with van der Waals surface area (Å²) in [5, 5.41) is 5.81. The number of rotatable bonds is 4. The van der Waals surface area contributed by atoms with Crippen LogP contribution in [0.25, 0.3) is 0 Å². The van der Waals surface area contributed by atoms with E-state index in [0.717, 1.165) is 29.5 Å². The van der Waals surface area contributed by atoms with Gasteiger partial charge in [0.05, 0.1) is 25.3 Å². The van der Waals surface area contributed by atoms with E-state index in [9.17, 15) is 4.79 Å². The van der Waals surface area contributed by atoms with Crippen LogP contribution < -0.4 is 5.32 Å². The maximum absolute atomic E-state index is 12.5. The predicted octanol–water partition coefficient (Wildman–Crippen LogP) is 2.19. The first-order chi connectivity index (χ1) is 12.2. The van der Waals surface area contributed by atoms with Gasteiger partial charge in [0.2, 0.25) is 5.91 Å². The lowest BCUT2D eigenvalue weighted by molar-refractivity contribution is -0.187. The van der Waals surface area contributed by atoms with Crippen LogP contribution in [0.1, 0.15) is 18.5 Å². The Bertz CT molecular complexity index is 721. The number of carbonyl (C=O) groups is 1. The minimum atomic E-state index is -0.447. The molecule has 2 fully saturated rings. The van der Waals surface area contributed by atoms with E-state index in [0.29, 0.717) is 32.7 Å². The SMILES string of the molecule is O=C(Cc1csc(Nc2ccccn2)n1)N1CCC2(CC1)OCCO2. The van der Waals surface area contributed by atoms with Crippen molar-refractivity contribution in [1.82, 2.24) is 14.9 Å². The van der Waals surface area contributed by atoms with Crippen molar-refractivity contribution in [1.29, 1.82) is 0 Å². The molecule has 2 aliphatic heterocycles. The number of pyridine rings is 1. The number of hydrogen-bond donors (Lipinski definition) is 1. The van der Waals surface area contributed by atoms with Crippen LogP contribution in [0, 0.1) is 0 Å². The van der Waals surface area contributed by atoms with E-state index < -0.39 is 5.79 Å². The summed E-state index contributed by atoms with van der Waals surface area (Å²) in [5.41, 5.74) is 0.780. The Morgan fingerprint density at radius 2 is 2.08 bits per heavy atom. The third kappa shape index (κ3) is 3.81. The molecule has 132 valence electrons. The normalized spacial score (nSPS) is 19.3. The molecule has 0 aliphatic carbocycles. The molecule has 1 amide bonds. The Morgan fingerprint density at radius 3 is 2.80 bits per heavy atom. The molecule has 2 saturated heterocycles. The maximum Gasteiger partial charge on any atom is 0.228 e. The fraction of sp³-hybridized carbons (Fsp3) is 0.471. The molecular weight excluding hydrogens is 340 g/mol. The molecule has 2 aromatic rings. The molecule has 2 aromatic heterocycles. The van der Waals surface area contributed by atoms with Crippen molar-refractivity contribution in [2.45, 2.75) is 25.0 Å². The lowest BCUT2D eigenvalue weighted by atomic mass is 10.0. The van der Waals surface area contributed by atoms with Gasteiger partial charge in [-0.3, -0.25) is 4.79 Å².